The van der Waals surface area contributed by atoms with Crippen LogP contribution in [0.1, 0.15) is 33.1 Å². The van der Waals surface area contributed by atoms with Gasteiger partial charge in [0.15, 0.2) is 0 Å². The highest BCUT2D eigenvalue weighted by Gasteiger charge is 2.21. The van der Waals surface area contributed by atoms with Gasteiger partial charge in [-0.2, -0.15) is 0 Å². The molecule has 0 bridgehead atoms. The lowest BCUT2D eigenvalue weighted by Gasteiger charge is -2.18. The zero-order chi connectivity index (χ0) is 13.4. The van der Waals surface area contributed by atoms with Crippen molar-refractivity contribution in [3.63, 3.8) is 0 Å². The summed E-state index contributed by atoms with van der Waals surface area (Å²) < 4.78 is 0. The fourth-order valence-corrected chi connectivity index (χ4v) is 2.21. The number of nitrogens with zero attached hydrogens (tertiary/aromatic N) is 1. The molecule has 1 heterocycles. The predicted molar refractivity (Wildman–Crippen MR) is 78.4 cm³/mol. The Hall–Kier alpha value is -0.810. The number of halogens is 1. The van der Waals surface area contributed by atoms with Crippen LogP contribution < -0.4 is 10.6 Å². The molecule has 0 radical (unpaired) electrons. The number of hydrogen-bond donors (Lipinski definition) is 2. The van der Waals surface area contributed by atoms with Gasteiger partial charge in [-0.25, -0.2) is 0 Å². The third-order valence-electron chi connectivity index (χ3n) is 3.41. The van der Waals surface area contributed by atoms with Gasteiger partial charge in [-0.05, 0) is 33.2 Å². The Morgan fingerprint density at radius 3 is 2.53 bits per heavy atom. The Bertz CT molecular complexity index is 261. The topological polar surface area (TPSA) is 61.4 Å². The molecule has 0 aromatic heterocycles. The van der Waals surface area contributed by atoms with Crippen molar-refractivity contribution in [1.29, 1.82) is 0 Å². The summed E-state index contributed by atoms with van der Waals surface area (Å²) in [5.74, 6) is 0.413. The van der Waals surface area contributed by atoms with Gasteiger partial charge in [0.2, 0.25) is 11.8 Å². The number of carbonyl (C=O) groups is 2. The molecule has 1 fully saturated rings. The summed E-state index contributed by atoms with van der Waals surface area (Å²) in [6, 6.07) is 0. The highest BCUT2D eigenvalue weighted by Crippen LogP contribution is 2.07. The lowest BCUT2D eigenvalue weighted by atomic mass is 10.1. The van der Waals surface area contributed by atoms with Gasteiger partial charge in [0.25, 0.3) is 0 Å². The maximum atomic E-state index is 11.7. The fourth-order valence-electron chi connectivity index (χ4n) is 2.21. The first kappa shape index (κ1) is 18.2. The summed E-state index contributed by atoms with van der Waals surface area (Å²) >= 11 is 0. The molecule has 0 spiro atoms. The van der Waals surface area contributed by atoms with Gasteiger partial charge in [-0.3, -0.25) is 9.59 Å². The minimum absolute atomic E-state index is 0. The van der Waals surface area contributed by atoms with E-state index in [0.717, 1.165) is 39.0 Å². The van der Waals surface area contributed by atoms with Crippen molar-refractivity contribution in [1.82, 2.24) is 15.5 Å². The second-order valence-electron chi connectivity index (χ2n) is 4.65. The Labute approximate surface area is 121 Å². The minimum atomic E-state index is 0. The average molecular weight is 292 g/mol. The van der Waals surface area contributed by atoms with Crippen LogP contribution in [0.2, 0.25) is 0 Å². The van der Waals surface area contributed by atoms with Crippen LogP contribution in [-0.2, 0) is 9.59 Å². The molecule has 1 aliphatic heterocycles. The van der Waals surface area contributed by atoms with Gasteiger partial charge in [-0.15, -0.1) is 12.4 Å². The van der Waals surface area contributed by atoms with E-state index in [1.165, 1.54) is 0 Å². The first-order chi connectivity index (χ1) is 8.69. The Morgan fingerprint density at radius 1 is 1.32 bits per heavy atom. The van der Waals surface area contributed by atoms with Crippen molar-refractivity contribution in [2.75, 3.05) is 32.7 Å². The highest BCUT2D eigenvalue weighted by molar-refractivity contribution is 5.85. The van der Waals surface area contributed by atoms with E-state index >= 15 is 0 Å². The van der Waals surface area contributed by atoms with Gasteiger partial charge in [0, 0.05) is 32.6 Å². The van der Waals surface area contributed by atoms with Crippen LogP contribution in [0.3, 0.4) is 0 Å². The van der Waals surface area contributed by atoms with E-state index in [0.29, 0.717) is 13.0 Å². The van der Waals surface area contributed by atoms with Crippen molar-refractivity contribution >= 4 is 24.2 Å². The quantitative estimate of drug-likeness (QED) is 0.682. The predicted octanol–water partition coefficient (Wildman–Crippen LogP) is 0.782. The molecule has 0 saturated carbocycles. The van der Waals surface area contributed by atoms with Crippen molar-refractivity contribution in [2.24, 2.45) is 5.92 Å². The summed E-state index contributed by atoms with van der Waals surface area (Å²) in [5.41, 5.74) is 0. The number of rotatable bonds is 7. The van der Waals surface area contributed by atoms with E-state index in [-0.39, 0.29) is 30.1 Å². The van der Waals surface area contributed by atoms with E-state index < -0.39 is 0 Å². The molecule has 1 saturated heterocycles. The van der Waals surface area contributed by atoms with Crippen LogP contribution in [0.5, 0.6) is 0 Å². The molecule has 1 atom stereocenters. The van der Waals surface area contributed by atoms with Crippen LogP contribution in [0.4, 0.5) is 0 Å². The maximum absolute atomic E-state index is 11.7. The molecule has 1 unspecified atom stereocenters. The number of hydrogen-bond acceptors (Lipinski definition) is 3. The van der Waals surface area contributed by atoms with E-state index in [2.05, 4.69) is 10.6 Å². The van der Waals surface area contributed by atoms with E-state index in [9.17, 15) is 9.59 Å². The summed E-state index contributed by atoms with van der Waals surface area (Å²) in [6.07, 6.45) is 2.16. The molecule has 0 aromatic carbocycles. The zero-order valence-corrected chi connectivity index (χ0v) is 12.7. The Balaban J connectivity index is 0.00000324. The van der Waals surface area contributed by atoms with Crippen LogP contribution in [0.15, 0.2) is 0 Å². The van der Waals surface area contributed by atoms with Gasteiger partial charge >= 0.3 is 0 Å². The van der Waals surface area contributed by atoms with Crippen molar-refractivity contribution in [3.05, 3.63) is 0 Å². The van der Waals surface area contributed by atoms with Crippen molar-refractivity contribution < 1.29 is 9.59 Å². The third kappa shape index (κ3) is 6.25. The normalized spacial score (nSPS) is 17.7. The van der Waals surface area contributed by atoms with Crippen molar-refractivity contribution in [3.8, 4) is 0 Å². The maximum Gasteiger partial charge on any atom is 0.224 e. The number of carbonyl (C=O) groups excluding carboxylic acids is 2. The van der Waals surface area contributed by atoms with E-state index in [4.69, 9.17) is 0 Å². The van der Waals surface area contributed by atoms with Gasteiger partial charge in [0.05, 0.1) is 5.92 Å². The SMILES string of the molecule is CCN(CC)C(=O)CCCNC(=O)C1CCNC1.Cl. The van der Waals surface area contributed by atoms with Crippen LogP contribution in [-0.4, -0.2) is 49.4 Å². The standard InChI is InChI=1S/C13H25N3O2.ClH/c1-3-16(4-2)12(17)6-5-8-15-13(18)11-7-9-14-10-11;/h11,14H,3-10H2,1-2H3,(H,15,18);1H. The number of nitrogens with one attached hydrogen (secondary N) is 2. The zero-order valence-electron chi connectivity index (χ0n) is 11.9. The summed E-state index contributed by atoms with van der Waals surface area (Å²) in [5, 5.41) is 6.08. The molecule has 1 aliphatic rings. The molecule has 1 rings (SSSR count). The third-order valence-corrected chi connectivity index (χ3v) is 3.41. The van der Waals surface area contributed by atoms with Gasteiger partial charge in [-0.1, -0.05) is 0 Å². The van der Waals surface area contributed by atoms with Gasteiger partial charge < -0.3 is 15.5 Å². The minimum Gasteiger partial charge on any atom is -0.356 e. The molecule has 112 valence electrons. The first-order valence-corrected chi connectivity index (χ1v) is 6.95. The first-order valence-electron chi connectivity index (χ1n) is 6.95. The molecule has 2 amide bonds. The second kappa shape index (κ2) is 10.0. The van der Waals surface area contributed by atoms with Gasteiger partial charge in [0.1, 0.15) is 0 Å². The molecule has 6 heteroatoms. The lowest BCUT2D eigenvalue weighted by molar-refractivity contribution is -0.131. The van der Waals surface area contributed by atoms with E-state index in [1.54, 1.807) is 0 Å². The Morgan fingerprint density at radius 2 is 2.00 bits per heavy atom. The monoisotopic (exact) mass is 291 g/mol. The second-order valence-corrected chi connectivity index (χ2v) is 4.65. The largest absolute Gasteiger partial charge is 0.356 e. The fraction of sp³-hybridized carbons (Fsp3) is 0.846. The molecule has 2 N–H and O–H groups in total. The van der Waals surface area contributed by atoms with Crippen LogP contribution >= 0.6 is 12.4 Å². The van der Waals surface area contributed by atoms with Crippen LogP contribution in [0, 0.1) is 5.92 Å². The Kier molecular flexibility index (Phi) is 9.61. The summed E-state index contributed by atoms with van der Waals surface area (Å²) in [4.78, 5) is 25.2. The number of amides is 2. The highest BCUT2D eigenvalue weighted by atomic mass is 35.5. The van der Waals surface area contributed by atoms with Crippen LogP contribution in [0.25, 0.3) is 0 Å². The molecule has 19 heavy (non-hydrogen) atoms. The molecule has 5 nitrogen and oxygen atoms in total. The average Bonchev–Trinajstić information content (AvgIpc) is 2.89. The molecular weight excluding hydrogens is 266 g/mol. The summed E-state index contributed by atoms with van der Waals surface area (Å²) in [7, 11) is 0. The molecular formula is C13H26ClN3O2. The van der Waals surface area contributed by atoms with Crippen molar-refractivity contribution in [2.45, 2.75) is 33.1 Å². The lowest BCUT2D eigenvalue weighted by Crippen LogP contribution is -2.34. The molecule has 0 aliphatic carbocycles. The van der Waals surface area contributed by atoms with E-state index in [1.807, 2.05) is 18.7 Å². The smallest absolute Gasteiger partial charge is 0.224 e. The summed E-state index contributed by atoms with van der Waals surface area (Å²) in [6.45, 7) is 7.79. The molecule has 0 aromatic rings.